The highest BCUT2D eigenvalue weighted by Gasteiger charge is 1.92. The third-order valence-electron chi connectivity index (χ3n) is 1.92. The van der Waals surface area contributed by atoms with E-state index in [-0.39, 0.29) is 0 Å². The molecule has 0 saturated heterocycles. The molecule has 14 heavy (non-hydrogen) atoms. The molecule has 3 nitrogen and oxygen atoms in total. The summed E-state index contributed by atoms with van der Waals surface area (Å²) >= 11 is 0. The second-order valence-corrected chi connectivity index (χ2v) is 2.97. The van der Waals surface area contributed by atoms with Crippen LogP contribution in [0.2, 0.25) is 0 Å². The monoisotopic (exact) mass is 185 g/mol. The van der Waals surface area contributed by atoms with Crippen molar-refractivity contribution in [3.8, 4) is 0 Å². The van der Waals surface area contributed by atoms with Crippen LogP contribution in [0.15, 0.2) is 48.8 Å². The van der Waals surface area contributed by atoms with E-state index in [1.807, 2.05) is 36.4 Å². The molecule has 2 aromatic rings. The molecule has 0 unspecified atom stereocenters. The van der Waals surface area contributed by atoms with Crippen molar-refractivity contribution in [3.05, 3.63) is 54.4 Å². The van der Waals surface area contributed by atoms with Gasteiger partial charge in [-0.3, -0.25) is 0 Å². The van der Waals surface area contributed by atoms with E-state index >= 15 is 0 Å². The summed E-state index contributed by atoms with van der Waals surface area (Å²) in [4.78, 5) is 0. The fraction of sp³-hybridized carbons (Fsp3) is 0.0909. The van der Waals surface area contributed by atoms with E-state index in [0.29, 0.717) is 0 Å². The first-order valence-electron chi connectivity index (χ1n) is 4.49. The van der Waals surface area contributed by atoms with E-state index in [9.17, 15) is 0 Å². The van der Waals surface area contributed by atoms with Crippen LogP contribution >= 0.6 is 0 Å². The Balaban J connectivity index is 1.96. The van der Waals surface area contributed by atoms with Crippen LogP contribution < -0.4 is 5.32 Å². The third kappa shape index (κ3) is 2.29. The SMILES string of the molecule is c1ccc(NCc2ccnnc2)cc1. The Morgan fingerprint density at radius 2 is 1.86 bits per heavy atom. The molecule has 0 amide bonds. The molecular formula is C11H11N3. The summed E-state index contributed by atoms with van der Waals surface area (Å²) in [5.74, 6) is 0. The number of aromatic nitrogens is 2. The second-order valence-electron chi connectivity index (χ2n) is 2.97. The summed E-state index contributed by atoms with van der Waals surface area (Å²) in [6.07, 6.45) is 3.46. The molecule has 1 aromatic heterocycles. The van der Waals surface area contributed by atoms with Crippen LogP contribution in [0.4, 0.5) is 5.69 Å². The van der Waals surface area contributed by atoms with Crippen molar-refractivity contribution >= 4 is 5.69 Å². The molecule has 0 aliphatic heterocycles. The van der Waals surface area contributed by atoms with Crippen molar-refractivity contribution in [2.45, 2.75) is 6.54 Å². The Labute approximate surface area is 82.8 Å². The summed E-state index contributed by atoms with van der Waals surface area (Å²) in [7, 11) is 0. The minimum Gasteiger partial charge on any atom is -0.381 e. The normalized spacial score (nSPS) is 9.71. The van der Waals surface area contributed by atoms with Gasteiger partial charge in [0.25, 0.3) is 0 Å². The van der Waals surface area contributed by atoms with Gasteiger partial charge in [-0.1, -0.05) is 18.2 Å². The van der Waals surface area contributed by atoms with Gasteiger partial charge in [0.2, 0.25) is 0 Å². The first-order chi connectivity index (χ1) is 6.95. The van der Waals surface area contributed by atoms with Crippen LogP contribution in [-0.2, 0) is 6.54 Å². The van der Waals surface area contributed by atoms with Gasteiger partial charge in [-0.25, -0.2) is 0 Å². The Bertz CT molecular complexity index is 333. The van der Waals surface area contributed by atoms with Crippen LogP contribution in [0.3, 0.4) is 0 Å². The lowest BCUT2D eigenvalue weighted by atomic mass is 10.3. The highest BCUT2D eigenvalue weighted by molar-refractivity contribution is 5.42. The molecule has 1 N–H and O–H groups in total. The highest BCUT2D eigenvalue weighted by atomic mass is 15.1. The molecule has 70 valence electrons. The molecule has 0 saturated carbocycles. The van der Waals surface area contributed by atoms with Crippen molar-refractivity contribution in [3.63, 3.8) is 0 Å². The fourth-order valence-electron chi connectivity index (χ4n) is 1.18. The molecule has 0 bridgehead atoms. The second kappa shape index (κ2) is 4.37. The van der Waals surface area contributed by atoms with E-state index in [2.05, 4.69) is 15.5 Å². The number of hydrogen-bond acceptors (Lipinski definition) is 3. The molecule has 0 spiro atoms. The lowest BCUT2D eigenvalue weighted by Crippen LogP contribution is -1.99. The Morgan fingerprint density at radius 1 is 1.00 bits per heavy atom. The predicted molar refractivity (Wildman–Crippen MR) is 55.8 cm³/mol. The van der Waals surface area contributed by atoms with Gasteiger partial charge in [0, 0.05) is 18.4 Å². The van der Waals surface area contributed by atoms with E-state index < -0.39 is 0 Å². The molecule has 0 radical (unpaired) electrons. The zero-order valence-corrected chi connectivity index (χ0v) is 7.72. The summed E-state index contributed by atoms with van der Waals surface area (Å²) in [6, 6.07) is 12.0. The lowest BCUT2D eigenvalue weighted by Gasteiger charge is -2.04. The van der Waals surface area contributed by atoms with Crippen LogP contribution in [0.1, 0.15) is 5.56 Å². The molecule has 1 heterocycles. The molecule has 2 rings (SSSR count). The van der Waals surface area contributed by atoms with Crippen molar-refractivity contribution in [1.82, 2.24) is 10.2 Å². The largest absolute Gasteiger partial charge is 0.381 e. The minimum absolute atomic E-state index is 0.777. The molecule has 0 aliphatic carbocycles. The molecular weight excluding hydrogens is 174 g/mol. The van der Waals surface area contributed by atoms with Crippen molar-refractivity contribution < 1.29 is 0 Å². The van der Waals surface area contributed by atoms with Crippen LogP contribution in [0, 0.1) is 0 Å². The number of benzene rings is 1. The Hall–Kier alpha value is -1.90. The first kappa shape index (κ1) is 8.69. The summed E-state index contributed by atoms with van der Waals surface area (Å²) < 4.78 is 0. The number of para-hydroxylation sites is 1. The molecule has 3 heteroatoms. The van der Waals surface area contributed by atoms with Gasteiger partial charge in [-0.2, -0.15) is 10.2 Å². The standard InChI is InChI=1S/C11H11N3/c1-2-4-11(5-3-1)12-8-10-6-7-13-14-9-10/h1-7,9,12H,8H2. The van der Waals surface area contributed by atoms with Gasteiger partial charge in [0.05, 0.1) is 6.20 Å². The number of hydrogen-bond donors (Lipinski definition) is 1. The van der Waals surface area contributed by atoms with Gasteiger partial charge in [-0.15, -0.1) is 0 Å². The fourth-order valence-corrected chi connectivity index (χ4v) is 1.18. The van der Waals surface area contributed by atoms with E-state index in [1.54, 1.807) is 12.4 Å². The zero-order valence-electron chi connectivity index (χ0n) is 7.72. The number of nitrogens with zero attached hydrogens (tertiary/aromatic N) is 2. The summed E-state index contributed by atoms with van der Waals surface area (Å²) in [5, 5.41) is 10.8. The number of nitrogens with one attached hydrogen (secondary N) is 1. The van der Waals surface area contributed by atoms with Crippen molar-refractivity contribution in [2.75, 3.05) is 5.32 Å². The van der Waals surface area contributed by atoms with Crippen LogP contribution in [0.25, 0.3) is 0 Å². The quantitative estimate of drug-likeness (QED) is 0.795. The van der Waals surface area contributed by atoms with Crippen LogP contribution in [0.5, 0.6) is 0 Å². The van der Waals surface area contributed by atoms with Crippen molar-refractivity contribution in [2.24, 2.45) is 0 Å². The maximum atomic E-state index is 3.81. The van der Waals surface area contributed by atoms with E-state index in [0.717, 1.165) is 17.8 Å². The maximum absolute atomic E-state index is 3.81. The smallest absolute Gasteiger partial charge is 0.0546 e. The summed E-state index contributed by atoms with van der Waals surface area (Å²) in [6.45, 7) is 0.777. The van der Waals surface area contributed by atoms with Gasteiger partial charge in [0.1, 0.15) is 0 Å². The average molecular weight is 185 g/mol. The number of anilines is 1. The van der Waals surface area contributed by atoms with Gasteiger partial charge >= 0.3 is 0 Å². The minimum atomic E-state index is 0.777. The molecule has 0 atom stereocenters. The summed E-state index contributed by atoms with van der Waals surface area (Å²) in [5.41, 5.74) is 2.24. The van der Waals surface area contributed by atoms with E-state index in [1.165, 1.54) is 0 Å². The van der Waals surface area contributed by atoms with E-state index in [4.69, 9.17) is 0 Å². The van der Waals surface area contributed by atoms with Crippen LogP contribution in [-0.4, -0.2) is 10.2 Å². The Kier molecular flexibility index (Phi) is 2.71. The van der Waals surface area contributed by atoms with Gasteiger partial charge < -0.3 is 5.32 Å². The van der Waals surface area contributed by atoms with Gasteiger partial charge in [-0.05, 0) is 23.8 Å². The first-order valence-corrected chi connectivity index (χ1v) is 4.49. The molecule has 1 aromatic carbocycles. The molecule has 0 fully saturated rings. The molecule has 0 aliphatic rings. The van der Waals surface area contributed by atoms with Crippen molar-refractivity contribution in [1.29, 1.82) is 0 Å². The average Bonchev–Trinajstić information content (AvgIpc) is 2.29. The lowest BCUT2D eigenvalue weighted by molar-refractivity contribution is 0.986. The topological polar surface area (TPSA) is 37.8 Å². The van der Waals surface area contributed by atoms with Gasteiger partial charge in [0.15, 0.2) is 0 Å². The maximum Gasteiger partial charge on any atom is 0.0546 e. The Morgan fingerprint density at radius 3 is 2.57 bits per heavy atom. The third-order valence-corrected chi connectivity index (χ3v) is 1.92. The number of rotatable bonds is 3. The zero-order chi connectivity index (χ0) is 9.64. The predicted octanol–water partition coefficient (Wildman–Crippen LogP) is 2.09. The highest BCUT2D eigenvalue weighted by Crippen LogP contribution is 2.06.